The van der Waals surface area contributed by atoms with Gasteiger partial charge in [0.05, 0.1) is 17.1 Å². The minimum Gasteiger partial charge on any atom is -0.343 e. The van der Waals surface area contributed by atoms with Crippen LogP contribution in [0.2, 0.25) is 0 Å². The van der Waals surface area contributed by atoms with Crippen LogP contribution in [0.4, 0.5) is 0 Å². The summed E-state index contributed by atoms with van der Waals surface area (Å²) < 4.78 is 2.21. The summed E-state index contributed by atoms with van der Waals surface area (Å²) in [6.45, 7) is 7.22. The van der Waals surface area contributed by atoms with E-state index in [1.165, 1.54) is 0 Å². The van der Waals surface area contributed by atoms with Gasteiger partial charge in [0, 0.05) is 12.6 Å². The van der Waals surface area contributed by atoms with E-state index < -0.39 is 0 Å². The normalized spacial score (nSPS) is 12.8. The number of hydrogen-bond acceptors (Lipinski definition) is 2. The Morgan fingerprint density at radius 2 is 1.77 bits per heavy atom. The van der Waals surface area contributed by atoms with Gasteiger partial charge in [-0.05, 0) is 36.6 Å². The Kier molecular flexibility index (Phi) is 5.52. The zero-order chi connectivity index (χ0) is 18.5. The monoisotopic (exact) mass is 347 g/mol. The van der Waals surface area contributed by atoms with E-state index in [2.05, 4.69) is 29.8 Å². The highest BCUT2D eigenvalue weighted by Gasteiger charge is 2.18. The predicted molar refractivity (Wildman–Crippen MR) is 107 cm³/mol. The number of carbonyl (C=O) groups is 1. The molecule has 3 aromatic rings. The van der Waals surface area contributed by atoms with Gasteiger partial charge < -0.3 is 9.88 Å². The quantitative estimate of drug-likeness (QED) is 0.663. The summed E-state index contributed by atoms with van der Waals surface area (Å²) >= 11 is 0. The first kappa shape index (κ1) is 17.9. The van der Waals surface area contributed by atoms with Gasteiger partial charge in [-0.25, -0.2) is 4.98 Å². The zero-order valence-electron chi connectivity index (χ0n) is 15.5. The topological polar surface area (TPSA) is 46.9 Å². The SMILES string of the molecule is CC(C)Cn1c(C(C)NC(=O)/C=C\c2ccccc2)nc2ccccc21. The van der Waals surface area contributed by atoms with Gasteiger partial charge in [-0.15, -0.1) is 0 Å². The van der Waals surface area contributed by atoms with Crippen LogP contribution in [-0.2, 0) is 11.3 Å². The fourth-order valence-corrected chi connectivity index (χ4v) is 3.04. The van der Waals surface area contributed by atoms with Gasteiger partial charge in [0.15, 0.2) is 0 Å². The van der Waals surface area contributed by atoms with E-state index in [0.717, 1.165) is 29.0 Å². The molecular weight excluding hydrogens is 322 g/mol. The summed E-state index contributed by atoms with van der Waals surface area (Å²) in [4.78, 5) is 17.1. The fourth-order valence-electron chi connectivity index (χ4n) is 3.04. The van der Waals surface area contributed by atoms with Crippen LogP contribution in [-0.4, -0.2) is 15.5 Å². The van der Waals surface area contributed by atoms with Crippen LogP contribution in [0.25, 0.3) is 17.1 Å². The number of nitrogens with zero attached hydrogens (tertiary/aromatic N) is 2. The highest BCUT2D eigenvalue weighted by Crippen LogP contribution is 2.22. The number of aromatic nitrogens is 2. The molecule has 1 heterocycles. The van der Waals surface area contributed by atoms with Crippen LogP contribution < -0.4 is 5.32 Å². The third kappa shape index (κ3) is 4.20. The predicted octanol–water partition coefficient (Wildman–Crippen LogP) is 4.58. The summed E-state index contributed by atoms with van der Waals surface area (Å²) in [7, 11) is 0. The molecule has 1 amide bonds. The Labute approximate surface area is 154 Å². The van der Waals surface area contributed by atoms with Crippen molar-refractivity contribution in [3.05, 3.63) is 72.1 Å². The maximum atomic E-state index is 12.3. The third-order valence-electron chi connectivity index (χ3n) is 4.20. The number of para-hydroxylation sites is 2. The van der Waals surface area contributed by atoms with Crippen molar-refractivity contribution in [3.63, 3.8) is 0 Å². The van der Waals surface area contributed by atoms with Gasteiger partial charge in [-0.2, -0.15) is 0 Å². The van der Waals surface area contributed by atoms with Gasteiger partial charge in [-0.1, -0.05) is 56.3 Å². The second-order valence-corrected chi connectivity index (χ2v) is 6.94. The number of rotatable bonds is 6. The molecule has 3 rings (SSSR count). The van der Waals surface area contributed by atoms with Crippen molar-refractivity contribution in [2.75, 3.05) is 0 Å². The van der Waals surface area contributed by atoms with Gasteiger partial charge in [-0.3, -0.25) is 4.79 Å². The molecule has 0 fully saturated rings. The van der Waals surface area contributed by atoms with Gasteiger partial charge >= 0.3 is 0 Å². The summed E-state index contributed by atoms with van der Waals surface area (Å²) in [6, 6.07) is 17.7. The van der Waals surface area contributed by atoms with E-state index in [0.29, 0.717) is 5.92 Å². The average Bonchev–Trinajstić information content (AvgIpc) is 2.99. The van der Waals surface area contributed by atoms with Crippen LogP contribution in [0.5, 0.6) is 0 Å². The molecule has 134 valence electrons. The Morgan fingerprint density at radius 3 is 2.50 bits per heavy atom. The van der Waals surface area contributed by atoms with Crippen molar-refractivity contribution < 1.29 is 4.79 Å². The van der Waals surface area contributed by atoms with E-state index in [9.17, 15) is 4.79 Å². The van der Waals surface area contributed by atoms with Gasteiger partial charge in [0.2, 0.25) is 5.91 Å². The molecule has 0 spiro atoms. The zero-order valence-corrected chi connectivity index (χ0v) is 15.5. The molecule has 0 bridgehead atoms. The van der Waals surface area contributed by atoms with Crippen LogP contribution in [0, 0.1) is 5.92 Å². The maximum absolute atomic E-state index is 12.3. The third-order valence-corrected chi connectivity index (χ3v) is 4.20. The molecule has 0 radical (unpaired) electrons. The molecule has 4 nitrogen and oxygen atoms in total. The maximum Gasteiger partial charge on any atom is 0.244 e. The van der Waals surface area contributed by atoms with Gasteiger partial charge in [0.25, 0.3) is 0 Å². The van der Waals surface area contributed by atoms with Crippen LogP contribution in [0.15, 0.2) is 60.7 Å². The number of nitrogens with one attached hydrogen (secondary N) is 1. The van der Waals surface area contributed by atoms with Crippen molar-refractivity contribution in [1.82, 2.24) is 14.9 Å². The van der Waals surface area contributed by atoms with Crippen LogP contribution in [0.1, 0.15) is 38.2 Å². The molecule has 2 aromatic carbocycles. The van der Waals surface area contributed by atoms with Crippen molar-refractivity contribution >= 4 is 23.0 Å². The summed E-state index contributed by atoms with van der Waals surface area (Å²) in [5, 5.41) is 3.03. The number of imidazole rings is 1. The van der Waals surface area contributed by atoms with Crippen molar-refractivity contribution in [3.8, 4) is 0 Å². The molecule has 1 aromatic heterocycles. The van der Waals surface area contributed by atoms with Crippen molar-refractivity contribution in [1.29, 1.82) is 0 Å². The highest BCUT2D eigenvalue weighted by molar-refractivity contribution is 5.92. The van der Waals surface area contributed by atoms with Crippen molar-refractivity contribution in [2.24, 2.45) is 5.92 Å². The lowest BCUT2D eigenvalue weighted by atomic mass is 10.2. The summed E-state index contributed by atoms with van der Waals surface area (Å²) in [6.07, 6.45) is 3.39. The van der Waals surface area contributed by atoms with Crippen LogP contribution in [0.3, 0.4) is 0 Å². The van der Waals surface area contributed by atoms with E-state index in [1.807, 2.05) is 61.5 Å². The number of carbonyl (C=O) groups excluding carboxylic acids is 1. The lowest BCUT2D eigenvalue weighted by Gasteiger charge is -2.17. The molecule has 1 N–H and O–H groups in total. The van der Waals surface area contributed by atoms with E-state index >= 15 is 0 Å². The number of fused-ring (bicyclic) bond motifs is 1. The summed E-state index contributed by atoms with van der Waals surface area (Å²) in [5.41, 5.74) is 3.07. The molecular formula is C22H25N3O. The lowest BCUT2D eigenvalue weighted by molar-refractivity contribution is -0.117. The van der Waals surface area contributed by atoms with E-state index in [1.54, 1.807) is 6.08 Å². The molecule has 1 atom stereocenters. The largest absolute Gasteiger partial charge is 0.343 e. The number of amides is 1. The molecule has 0 aliphatic rings. The molecule has 4 heteroatoms. The Hall–Kier alpha value is -2.88. The first-order valence-corrected chi connectivity index (χ1v) is 9.03. The Morgan fingerprint density at radius 1 is 1.08 bits per heavy atom. The number of benzene rings is 2. The average molecular weight is 347 g/mol. The first-order valence-electron chi connectivity index (χ1n) is 9.03. The first-order chi connectivity index (χ1) is 12.5. The van der Waals surface area contributed by atoms with Crippen molar-refractivity contribution in [2.45, 2.75) is 33.4 Å². The lowest BCUT2D eigenvalue weighted by Crippen LogP contribution is -2.27. The molecule has 0 saturated carbocycles. The number of hydrogen-bond donors (Lipinski definition) is 1. The molecule has 0 saturated heterocycles. The summed E-state index contributed by atoms with van der Waals surface area (Å²) in [5.74, 6) is 1.26. The van der Waals surface area contributed by atoms with Gasteiger partial charge in [0.1, 0.15) is 5.82 Å². The fraction of sp³-hybridized carbons (Fsp3) is 0.273. The minimum atomic E-state index is -0.172. The smallest absolute Gasteiger partial charge is 0.244 e. The minimum absolute atomic E-state index is 0.121. The second-order valence-electron chi connectivity index (χ2n) is 6.94. The molecule has 0 aliphatic carbocycles. The highest BCUT2D eigenvalue weighted by atomic mass is 16.1. The molecule has 0 aliphatic heterocycles. The standard InChI is InChI=1S/C22H25N3O/c1-16(2)15-25-20-12-8-7-11-19(20)24-22(25)17(3)23-21(26)14-13-18-9-5-4-6-10-18/h4-14,16-17H,15H2,1-3H3,(H,23,26)/b14-13-. The molecule has 26 heavy (non-hydrogen) atoms. The van der Waals surface area contributed by atoms with E-state index in [-0.39, 0.29) is 11.9 Å². The Balaban J connectivity index is 1.79. The van der Waals surface area contributed by atoms with Crippen LogP contribution >= 0.6 is 0 Å². The van der Waals surface area contributed by atoms with E-state index in [4.69, 9.17) is 4.98 Å². The Bertz CT molecular complexity index is 910. The molecule has 1 unspecified atom stereocenters. The second kappa shape index (κ2) is 8.00.